The lowest BCUT2D eigenvalue weighted by Gasteiger charge is -2.15. The van der Waals surface area contributed by atoms with Crippen molar-refractivity contribution in [1.29, 1.82) is 0 Å². The molecule has 0 aliphatic carbocycles. The SMILES string of the molecule is CC(C)Cc1c(Cl)cccc1C(C)C. The molecule has 0 aliphatic rings. The fraction of sp³-hybridized carbons (Fsp3) is 0.538. The van der Waals surface area contributed by atoms with Crippen LogP contribution < -0.4 is 0 Å². The van der Waals surface area contributed by atoms with Gasteiger partial charge < -0.3 is 0 Å². The van der Waals surface area contributed by atoms with Crippen molar-refractivity contribution in [3.8, 4) is 0 Å². The largest absolute Gasteiger partial charge is 0.0840 e. The van der Waals surface area contributed by atoms with Gasteiger partial charge in [-0.25, -0.2) is 0 Å². The maximum absolute atomic E-state index is 6.22. The molecule has 0 heterocycles. The highest BCUT2D eigenvalue weighted by Crippen LogP contribution is 2.28. The molecule has 0 aliphatic heterocycles. The maximum Gasteiger partial charge on any atom is 0.0440 e. The first kappa shape index (κ1) is 11.6. The summed E-state index contributed by atoms with van der Waals surface area (Å²) in [5, 5.41) is 0.921. The zero-order chi connectivity index (χ0) is 10.7. The van der Waals surface area contributed by atoms with Crippen molar-refractivity contribution in [2.75, 3.05) is 0 Å². The lowest BCUT2D eigenvalue weighted by atomic mass is 9.92. The molecule has 0 unspecified atom stereocenters. The van der Waals surface area contributed by atoms with Gasteiger partial charge in [0.1, 0.15) is 0 Å². The quantitative estimate of drug-likeness (QED) is 0.681. The highest BCUT2D eigenvalue weighted by molar-refractivity contribution is 6.31. The Labute approximate surface area is 92.3 Å². The number of benzene rings is 1. The van der Waals surface area contributed by atoms with Crippen molar-refractivity contribution in [1.82, 2.24) is 0 Å². The second-order valence-corrected chi connectivity index (χ2v) is 4.97. The molecule has 14 heavy (non-hydrogen) atoms. The van der Waals surface area contributed by atoms with Crippen LogP contribution in [0.2, 0.25) is 5.02 Å². The third kappa shape index (κ3) is 2.75. The lowest BCUT2D eigenvalue weighted by Crippen LogP contribution is -2.01. The number of hydrogen-bond acceptors (Lipinski definition) is 0. The summed E-state index contributed by atoms with van der Waals surface area (Å²) < 4.78 is 0. The Morgan fingerprint density at radius 2 is 1.79 bits per heavy atom. The van der Waals surface area contributed by atoms with E-state index in [0.717, 1.165) is 11.4 Å². The second kappa shape index (κ2) is 4.84. The normalized spacial score (nSPS) is 11.4. The van der Waals surface area contributed by atoms with Crippen LogP contribution in [0.4, 0.5) is 0 Å². The zero-order valence-corrected chi connectivity index (χ0v) is 10.2. The highest BCUT2D eigenvalue weighted by atomic mass is 35.5. The molecule has 1 aromatic carbocycles. The molecule has 0 saturated carbocycles. The Kier molecular flexibility index (Phi) is 4.00. The fourth-order valence-corrected chi connectivity index (χ4v) is 2.00. The van der Waals surface area contributed by atoms with Crippen LogP contribution in [0.15, 0.2) is 18.2 Å². The number of hydrogen-bond donors (Lipinski definition) is 0. The average molecular weight is 211 g/mol. The van der Waals surface area contributed by atoms with Crippen molar-refractivity contribution in [3.63, 3.8) is 0 Å². The summed E-state index contributed by atoms with van der Waals surface area (Å²) in [5.41, 5.74) is 2.73. The third-order valence-electron chi connectivity index (χ3n) is 2.39. The second-order valence-electron chi connectivity index (χ2n) is 4.56. The van der Waals surface area contributed by atoms with E-state index in [9.17, 15) is 0 Å². The van der Waals surface area contributed by atoms with Gasteiger partial charge >= 0.3 is 0 Å². The van der Waals surface area contributed by atoms with Gasteiger partial charge in [-0.3, -0.25) is 0 Å². The lowest BCUT2D eigenvalue weighted by molar-refractivity contribution is 0.638. The Bertz CT molecular complexity index is 300. The minimum Gasteiger partial charge on any atom is -0.0840 e. The summed E-state index contributed by atoms with van der Waals surface area (Å²) in [5.74, 6) is 1.22. The summed E-state index contributed by atoms with van der Waals surface area (Å²) in [6.45, 7) is 8.89. The van der Waals surface area contributed by atoms with E-state index < -0.39 is 0 Å². The van der Waals surface area contributed by atoms with Crippen LogP contribution in [-0.4, -0.2) is 0 Å². The van der Waals surface area contributed by atoms with Gasteiger partial charge in [0.25, 0.3) is 0 Å². The number of halogens is 1. The van der Waals surface area contributed by atoms with Crippen LogP contribution >= 0.6 is 11.6 Å². The first-order valence-electron chi connectivity index (χ1n) is 5.29. The molecule has 0 atom stereocenters. The summed E-state index contributed by atoms with van der Waals surface area (Å²) in [6, 6.07) is 6.22. The van der Waals surface area contributed by atoms with Crippen LogP contribution in [0.25, 0.3) is 0 Å². The zero-order valence-electron chi connectivity index (χ0n) is 9.47. The first-order chi connectivity index (χ1) is 6.52. The molecule has 0 amide bonds. The fourth-order valence-electron chi connectivity index (χ4n) is 1.74. The van der Waals surface area contributed by atoms with E-state index in [1.807, 2.05) is 12.1 Å². The van der Waals surface area contributed by atoms with Gasteiger partial charge in [-0.05, 0) is 35.4 Å². The van der Waals surface area contributed by atoms with Gasteiger partial charge in [-0.1, -0.05) is 51.4 Å². The average Bonchev–Trinajstić information content (AvgIpc) is 2.07. The van der Waals surface area contributed by atoms with E-state index in [4.69, 9.17) is 11.6 Å². The Morgan fingerprint density at radius 1 is 1.14 bits per heavy atom. The molecule has 0 aromatic heterocycles. The van der Waals surface area contributed by atoms with Crippen LogP contribution in [0.3, 0.4) is 0 Å². The van der Waals surface area contributed by atoms with Crippen LogP contribution in [0.5, 0.6) is 0 Å². The highest BCUT2D eigenvalue weighted by Gasteiger charge is 2.10. The molecule has 0 saturated heterocycles. The van der Waals surface area contributed by atoms with E-state index in [0.29, 0.717) is 11.8 Å². The molecule has 1 heteroatoms. The molecule has 0 N–H and O–H groups in total. The third-order valence-corrected chi connectivity index (χ3v) is 2.74. The van der Waals surface area contributed by atoms with Gasteiger partial charge in [-0.15, -0.1) is 0 Å². The van der Waals surface area contributed by atoms with Crippen molar-refractivity contribution in [2.45, 2.75) is 40.0 Å². The van der Waals surface area contributed by atoms with Crippen molar-refractivity contribution < 1.29 is 0 Å². The molecule has 1 aromatic rings. The van der Waals surface area contributed by atoms with Crippen molar-refractivity contribution in [3.05, 3.63) is 34.3 Å². The predicted molar refractivity (Wildman–Crippen MR) is 64.1 cm³/mol. The standard InChI is InChI=1S/C13H19Cl/c1-9(2)8-12-11(10(3)4)6-5-7-13(12)14/h5-7,9-10H,8H2,1-4H3. The summed E-state index contributed by atoms with van der Waals surface area (Å²) in [6.07, 6.45) is 1.08. The molecular formula is C13H19Cl. The Morgan fingerprint density at radius 3 is 2.29 bits per heavy atom. The molecule has 78 valence electrons. The van der Waals surface area contributed by atoms with Gasteiger partial charge in [-0.2, -0.15) is 0 Å². The monoisotopic (exact) mass is 210 g/mol. The molecule has 0 spiro atoms. The maximum atomic E-state index is 6.22. The van der Waals surface area contributed by atoms with E-state index >= 15 is 0 Å². The molecule has 0 radical (unpaired) electrons. The van der Waals surface area contributed by atoms with Crippen molar-refractivity contribution in [2.24, 2.45) is 5.92 Å². The smallest absolute Gasteiger partial charge is 0.0440 e. The summed E-state index contributed by atoms with van der Waals surface area (Å²) >= 11 is 6.22. The van der Waals surface area contributed by atoms with Crippen LogP contribution in [0, 0.1) is 5.92 Å². The molecule has 0 fully saturated rings. The van der Waals surface area contributed by atoms with E-state index in [-0.39, 0.29) is 0 Å². The van der Waals surface area contributed by atoms with Gasteiger partial charge in [0.15, 0.2) is 0 Å². The minimum absolute atomic E-state index is 0.558. The Hall–Kier alpha value is -0.490. The molecule has 0 bridgehead atoms. The topological polar surface area (TPSA) is 0 Å². The summed E-state index contributed by atoms with van der Waals surface area (Å²) in [7, 11) is 0. The van der Waals surface area contributed by atoms with Crippen molar-refractivity contribution >= 4 is 11.6 Å². The van der Waals surface area contributed by atoms with Crippen LogP contribution in [-0.2, 0) is 6.42 Å². The molecular weight excluding hydrogens is 192 g/mol. The van der Waals surface area contributed by atoms with Crippen LogP contribution in [0.1, 0.15) is 44.7 Å². The van der Waals surface area contributed by atoms with E-state index in [2.05, 4.69) is 33.8 Å². The molecule has 0 nitrogen and oxygen atoms in total. The Balaban J connectivity index is 3.09. The van der Waals surface area contributed by atoms with Gasteiger partial charge in [0.05, 0.1) is 0 Å². The van der Waals surface area contributed by atoms with E-state index in [1.165, 1.54) is 11.1 Å². The minimum atomic E-state index is 0.558. The predicted octanol–water partition coefficient (Wildman–Crippen LogP) is 4.66. The first-order valence-corrected chi connectivity index (χ1v) is 5.67. The number of rotatable bonds is 3. The molecule has 1 rings (SSSR count). The summed E-state index contributed by atoms with van der Waals surface area (Å²) in [4.78, 5) is 0. The van der Waals surface area contributed by atoms with Gasteiger partial charge in [0, 0.05) is 5.02 Å². The van der Waals surface area contributed by atoms with Gasteiger partial charge in [0.2, 0.25) is 0 Å². The van der Waals surface area contributed by atoms with E-state index in [1.54, 1.807) is 0 Å².